The summed E-state index contributed by atoms with van der Waals surface area (Å²) >= 11 is 1.61. The number of methoxy groups -OCH3 is 2. The lowest BCUT2D eigenvalue weighted by molar-refractivity contribution is 0.354. The van der Waals surface area contributed by atoms with Crippen LogP contribution in [0, 0.1) is 0 Å². The molecule has 0 unspecified atom stereocenters. The van der Waals surface area contributed by atoms with Crippen molar-refractivity contribution in [1.82, 2.24) is 4.98 Å². The van der Waals surface area contributed by atoms with Crippen molar-refractivity contribution in [2.75, 3.05) is 14.2 Å². The van der Waals surface area contributed by atoms with Gasteiger partial charge in [-0.2, -0.15) is 0 Å². The van der Waals surface area contributed by atoms with Gasteiger partial charge in [-0.25, -0.2) is 4.98 Å². The normalized spacial score (nSPS) is 11.0. The number of hydrogen-bond acceptors (Lipinski definition) is 5. The summed E-state index contributed by atoms with van der Waals surface area (Å²) in [6.45, 7) is 0. The maximum Gasteiger partial charge on any atom is 0.171 e. The molecule has 0 fully saturated rings. The Bertz CT molecular complexity index is 798. The lowest BCUT2D eigenvalue weighted by Crippen LogP contribution is -1.97. The van der Waals surface area contributed by atoms with Crippen molar-refractivity contribution in [3.63, 3.8) is 0 Å². The van der Waals surface area contributed by atoms with Crippen molar-refractivity contribution in [2.45, 2.75) is 6.16 Å². The van der Waals surface area contributed by atoms with Crippen molar-refractivity contribution in [3.05, 3.63) is 42.0 Å². The summed E-state index contributed by atoms with van der Waals surface area (Å²) in [6, 6.07) is 11.9. The molecule has 1 heterocycles. The van der Waals surface area contributed by atoms with Crippen LogP contribution >= 0.6 is 19.8 Å². The van der Waals surface area contributed by atoms with Gasteiger partial charge in [-0.05, 0) is 18.2 Å². The number of rotatable bonds is 5. The van der Waals surface area contributed by atoms with Crippen molar-refractivity contribution in [3.8, 4) is 22.1 Å². The van der Waals surface area contributed by atoms with Crippen LogP contribution in [-0.2, 0) is 10.7 Å². The molecule has 0 spiro atoms. The van der Waals surface area contributed by atoms with Crippen LogP contribution < -0.4 is 9.47 Å². The molecule has 3 rings (SSSR count). The second-order valence-corrected chi connectivity index (χ2v) is 6.22. The smallest absolute Gasteiger partial charge is 0.171 e. The average molecular weight is 331 g/mol. The Hall–Kier alpha value is -1.97. The number of aromatic nitrogens is 1. The van der Waals surface area contributed by atoms with Crippen LogP contribution in [0.4, 0.5) is 0 Å². The highest BCUT2D eigenvalue weighted by Crippen LogP contribution is 2.43. The summed E-state index contributed by atoms with van der Waals surface area (Å²) in [5.41, 5.74) is 2.69. The van der Waals surface area contributed by atoms with Crippen molar-refractivity contribution in [2.24, 2.45) is 0 Å². The first-order valence-electron chi connectivity index (χ1n) is 6.67. The zero-order valence-corrected chi connectivity index (χ0v) is 13.9. The molecule has 0 atom stereocenters. The van der Waals surface area contributed by atoms with Gasteiger partial charge in [-0.3, -0.25) is 4.57 Å². The van der Waals surface area contributed by atoms with E-state index in [1.165, 1.54) is 0 Å². The lowest BCUT2D eigenvalue weighted by atomic mass is 10.1. The molecular formula is C16H14NO3PS. The monoisotopic (exact) mass is 331 g/mol. The average Bonchev–Trinajstić information content (AvgIpc) is 2.98. The van der Waals surface area contributed by atoms with Crippen LogP contribution in [0.3, 0.4) is 0 Å². The summed E-state index contributed by atoms with van der Waals surface area (Å²) in [5, 5.41) is 0.877. The van der Waals surface area contributed by atoms with Gasteiger partial charge in [0.05, 0.1) is 36.2 Å². The minimum atomic E-state index is 0.0497. The van der Waals surface area contributed by atoms with Crippen molar-refractivity contribution in [1.29, 1.82) is 0 Å². The van der Waals surface area contributed by atoms with Crippen LogP contribution in [0.25, 0.3) is 20.8 Å². The molecular weight excluding hydrogens is 317 g/mol. The molecule has 1 aromatic heterocycles. The third-order valence-electron chi connectivity index (χ3n) is 3.36. The van der Waals surface area contributed by atoms with E-state index in [-0.39, 0.29) is 8.46 Å². The number of para-hydroxylation sites is 1. The lowest BCUT2D eigenvalue weighted by Gasteiger charge is -2.14. The van der Waals surface area contributed by atoms with Crippen LogP contribution in [-0.4, -0.2) is 19.2 Å². The van der Waals surface area contributed by atoms with E-state index >= 15 is 0 Å². The number of nitrogens with zero attached hydrogens (tertiary/aromatic N) is 1. The van der Waals surface area contributed by atoms with Gasteiger partial charge in [0.1, 0.15) is 5.01 Å². The summed E-state index contributed by atoms with van der Waals surface area (Å²) in [7, 11) is 3.24. The molecule has 0 bridgehead atoms. The van der Waals surface area contributed by atoms with Crippen molar-refractivity contribution >= 4 is 30.0 Å². The molecule has 22 heavy (non-hydrogen) atoms. The number of benzene rings is 2. The van der Waals surface area contributed by atoms with E-state index in [9.17, 15) is 4.57 Å². The predicted octanol–water partition coefficient (Wildman–Crippen LogP) is 4.77. The van der Waals surface area contributed by atoms with Gasteiger partial charge in [0, 0.05) is 5.56 Å². The Labute approximate surface area is 133 Å². The SMILES string of the molecule is COc1c(CP=O)ccc(-c2nc3ccccc3s2)c1OC. The molecule has 112 valence electrons. The fraction of sp³-hybridized carbons (Fsp3) is 0.188. The standard InChI is InChI=1S/C16H14NO3PS/c1-19-14-10(9-21-18)7-8-11(15(14)20-2)16-17-12-5-3-4-6-13(12)22-16/h3-8H,9H2,1-2H3. The van der Waals surface area contributed by atoms with Crippen LogP contribution in [0.1, 0.15) is 5.56 Å². The minimum Gasteiger partial charge on any atom is -0.493 e. The summed E-state index contributed by atoms with van der Waals surface area (Å²) in [5.74, 6) is 1.24. The number of fused-ring (bicyclic) bond motifs is 1. The fourth-order valence-electron chi connectivity index (χ4n) is 2.38. The maximum atomic E-state index is 10.9. The summed E-state index contributed by atoms with van der Waals surface area (Å²) in [6.07, 6.45) is 0.389. The fourth-order valence-corrected chi connectivity index (χ4v) is 3.76. The first-order chi connectivity index (χ1) is 10.8. The summed E-state index contributed by atoms with van der Waals surface area (Å²) < 4.78 is 23.0. The molecule has 0 aliphatic carbocycles. The Morgan fingerprint density at radius 1 is 1.09 bits per heavy atom. The Morgan fingerprint density at radius 2 is 1.86 bits per heavy atom. The molecule has 0 N–H and O–H groups in total. The van der Waals surface area contributed by atoms with Crippen LogP contribution in [0.2, 0.25) is 0 Å². The topological polar surface area (TPSA) is 48.4 Å². The molecule has 6 heteroatoms. The number of thiazole rings is 1. The van der Waals surface area contributed by atoms with Crippen LogP contribution in [0.5, 0.6) is 11.5 Å². The van der Waals surface area contributed by atoms with Gasteiger partial charge in [0.2, 0.25) is 0 Å². The third kappa shape index (κ3) is 2.58. The Balaban J connectivity index is 2.19. The Kier molecular flexibility index (Phi) is 4.36. The second-order valence-electron chi connectivity index (χ2n) is 4.61. The third-order valence-corrected chi connectivity index (χ3v) is 4.90. The van der Waals surface area contributed by atoms with E-state index in [2.05, 4.69) is 4.98 Å². The van der Waals surface area contributed by atoms with Gasteiger partial charge in [-0.15, -0.1) is 11.3 Å². The van der Waals surface area contributed by atoms with Gasteiger partial charge in [0.15, 0.2) is 20.0 Å². The van der Waals surface area contributed by atoms with Gasteiger partial charge < -0.3 is 9.47 Å². The van der Waals surface area contributed by atoms with E-state index < -0.39 is 0 Å². The molecule has 4 nitrogen and oxygen atoms in total. The zero-order chi connectivity index (χ0) is 15.5. The van der Waals surface area contributed by atoms with Gasteiger partial charge in [-0.1, -0.05) is 18.2 Å². The van der Waals surface area contributed by atoms with E-state index in [1.807, 2.05) is 36.4 Å². The van der Waals surface area contributed by atoms with Gasteiger partial charge in [0.25, 0.3) is 0 Å². The molecule has 0 amide bonds. The zero-order valence-electron chi connectivity index (χ0n) is 12.2. The highest BCUT2D eigenvalue weighted by atomic mass is 32.1. The first kappa shape index (κ1) is 14.9. The molecule has 3 aromatic rings. The largest absolute Gasteiger partial charge is 0.493 e. The molecule has 0 radical (unpaired) electrons. The molecule has 0 saturated heterocycles. The molecule has 0 aliphatic rings. The molecule has 0 aliphatic heterocycles. The van der Waals surface area contributed by atoms with E-state index in [4.69, 9.17) is 9.47 Å². The minimum absolute atomic E-state index is 0.0497. The highest BCUT2D eigenvalue weighted by Gasteiger charge is 2.18. The second kappa shape index (κ2) is 6.42. The quantitative estimate of drug-likeness (QED) is 0.632. The maximum absolute atomic E-state index is 10.9. The van der Waals surface area contributed by atoms with Gasteiger partial charge >= 0.3 is 0 Å². The highest BCUT2D eigenvalue weighted by molar-refractivity contribution is 7.22. The summed E-state index contributed by atoms with van der Waals surface area (Å²) in [4.78, 5) is 4.66. The first-order valence-corrected chi connectivity index (χ1v) is 8.48. The Morgan fingerprint density at radius 3 is 2.55 bits per heavy atom. The van der Waals surface area contributed by atoms with Crippen LogP contribution in [0.15, 0.2) is 36.4 Å². The molecule has 2 aromatic carbocycles. The van der Waals surface area contributed by atoms with Crippen molar-refractivity contribution < 1.29 is 14.0 Å². The number of hydrogen-bond donors (Lipinski definition) is 0. The van der Waals surface area contributed by atoms with E-state index in [0.717, 1.165) is 26.4 Å². The predicted molar refractivity (Wildman–Crippen MR) is 89.5 cm³/mol. The van der Waals surface area contributed by atoms with E-state index in [1.54, 1.807) is 25.6 Å². The molecule has 0 saturated carbocycles. The van der Waals surface area contributed by atoms with E-state index in [0.29, 0.717) is 17.7 Å². The number of ether oxygens (including phenoxy) is 2.